The molecule has 2 aromatic heterocycles. The van der Waals surface area contributed by atoms with Crippen LogP contribution in [0.4, 0.5) is 14.6 Å². The number of hydrogen-bond acceptors (Lipinski definition) is 8. The molecule has 4 saturated heterocycles. The van der Waals surface area contributed by atoms with E-state index in [1.54, 1.807) is 18.3 Å². The van der Waals surface area contributed by atoms with Crippen LogP contribution >= 0.6 is 0 Å². The number of piperazine rings is 1. The Bertz CT molecular complexity index is 1860. The largest absolute Gasteiger partial charge is 0.508 e. The Morgan fingerprint density at radius 2 is 1.93 bits per heavy atom. The molecule has 2 N–H and O–H groups in total. The van der Waals surface area contributed by atoms with Crippen molar-refractivity contribution < 1.29 is 18.6 Å². The van der Waals surface area contributed by atoms with Crippen LogP contribution in [0.25, 0.3) is 32.9 Å². The number of anilines is 1. The Balaban J connectivity index is 1.16. The molecular weight excluding hydrogens is 586 g/mol. The number of nitrogens with one attached hydrogen (secondary N) is 1. The molecule has 1 aliphatic carbocycles. The Hall–Kier alpha value is -3.63. The number of aromatic nitrogens is 3. The summed E-state index contributed by atoms with van der Waals surface area (Å²) in [7, 11) is 0. The highest BCUT2D eigenvalue weighted by Crippen LogP contribution is 2.55. The normalized spacial score (nSPS) is 30.4. The SMILES string of the molecule is CCc1cccc2cc(O)cc(-c3ncc4c(N5CC6CCC(C5)N6)nc(OC[C@@]56CCCN5[C@@H]5CCC[C@]5(F)C6)nc4c3F)c12. The van der Waals surface area contributed by atoms with Gasteiger partial charge in [-0.05, 0) is 86.4 Å². The molecule has 5 aliphatic rings. The van der Waals surface area contributed by atoms with Crippen molar-refractivity contribution in [2.75, 3.05) is 31.1 Å². The van der Waals surface area contributed by atoms with Crippen LogP contribution in [0.2, 0.25) is 0 Å². The third kappa shape index (κ3) is 4.32. The van der Waals surface area contributed by atoms with Gasteiger partial charge in [-0.15, -0.1) is 0 Å². The molecule has 2 unspecified atom stereocenters. The number of benzene rings is 2. The van der Waals surface area contributed by atoms with Crippen LogP contribution in [0.15, 0.2) is 36.5 Å². The van der Waals surface area contributed by atoms with E-state index in [0.717, 1.165) is 80.9 Å². The number of phenols is 1. The highest BCUT2D eigenvalue weighted by molar-refractivity contribution is 6.01. The summed E-state index contributed by atoms with van der Waals surface area (Å²) in [5, 5.41) is 16.5. The van der Waals surface area contributed by atoms with Gasteiger partial charge in [0.25, 0.3) is 0 Å². The highest BCUT2D eigenvalue weighted by atomic mass is 19.1. The molecule has 2 bridgehead atoms. The first-order valence-corrected chi connectivity index (χ1v) is 17.0. The van der Waals surface area contributed by atoms with Gasteiger partial charge in [-0.1, -0.05) is 25.1 Å². The summed E-state index contributed by atoms with van der Waals surface area (Å²) in [5.41, 5.74) is 0.311. The van der Waals surface area contributed by atoms with Gasteiger partial charge in [-0.2, -0.15) is 9.97 Å². The second-order valence-electron chi connectivity index (χ2n) is 14.3. The third-order valence-electron chi connectivity index (χ3n) is 11.6. The lowest BCUT2D eigenvalue weighted by Gasteiger charge is -2.35. The van der Waals surface area contributed by atoms with Crippen molar-refractivity contribution in [1.29, 1.82) is 0 Å². The van der Waals surface area contributed by atoms with E-state index in [1.165, 1.54) is 0 Å². The van der Waals surface area contributed by atoms with Gasteiger partial charge in [0.1, 0.15) is 35.1 Å². The number of aryl methyl sites for hydroxylation is 1. The molecule has 4 aliphatic heterocycles. The molecule has 240 valence electrons. The zero-order valence-corrected chi connectivity index (χ0v) is 26.2. The lowest BCUT2D eigenvalue weighted by Crippen LogP contribution is -2.51. The average molecular weight is 627 g/mol. The molecule has 0 spiro atoms. The number of fused-ring (bicyclic) bond motifs is 7. The minimum absolute atomic E-state index is 0.0424. The number of hydrogen-bond donors (Lipinski definition) is 2. The number of alkyl halides is 1. The van der Waals surface area contributed by atoms with Gasteiger partial charge in [-0.25, -0.2) is 8.78 Å². The van der Waals surface area contributed by atoms with E-state index in [4.69, 9.17) is 14.7 Å². The maximum atomic E-state index is 16.9. The van der Waals surface area contributed by atoms with Crippen LogP contribution in [0, 0.1) is 5.82 Å². The molecule has 1 saturated carbocycles. The molecule has 9 rings (SSSR count). The lowest BCUT2D eigenvalue weighted by atomic mass is 9.88. The van der Waals surface area contributed by atoms with E-state index in [0.29, 0.717) is 41.7 Å². The van der Waals surface area contributed by atoms with Crippen LogP contribution in [0.3, 0.4) is 0 Å². The van der Waals surface area contributed by atoms with E-state index >= 15 is 8.78 Å². The topological polar surface area (TPSA) is 86.6 Å². The number of rotatable bonds is 6. The zero-order chi connectivity index (χ0) is 31.2. The molecule has 5 atom stereocenters. The first-order valence-electron chi connectivity index (χ1n) is 17.0. The van der Waals surface area contributed by atoms with Crippen molar-refractivity contribution in [3.63, 3.8) is 0 Å². The van der Waals surface area contributed by atoms with Gasteiger partial charge in [0.15, 0.2) is 5.82 Å². The van der Waals surface area contributed by atoms with Crippen molar-refractivity contribution in [3.05, 3.63) is 47.9 Å². The van der Waals surface area contributed by atoms with E-state index in [2.05, 4.69) is 27.0 Å². The van der Waals surface area contributed by atoms with E-state index in [-0.39, 0.29) is 41.2 Å². The fourth-order valence-corrected chi connectivity index (χ4v) is 9.70. The summed E-state index contributed by atoms with van der Waals surface area (Å²) >= 11 is 0. The molecule has 5 fully saturated rings. The van der Waals surface area contributed by atoms with E-state index in [9.17, 15) is 5.11 Å². The van der Waals surface area contributed by atoms with Crippen LogP contribution in [0.1, 0.15) is 63.9 Å². The Labute approximate surface area is 267 Å². The van der Waals surface area contributed by atoms with Crippen molar-refractivity contribution in [3.8, 4) is 23.0 Å². The minimum atomic E-state index is -1.16. The van der Waals surface area contributed by atoms with E-state index in [1.807, 2.05) is 18.2 Å². The van der Waals surface area contributed by atoms with Crippen LogP contribution in [0.5, 0.6) is 11.8 Å². The summed E-state index contributed by atoms with van der Waals surface area (Å²) in [6.07, 6.45) is 9.42. The van der Waals surface area contributed by atoms with Crippen molar-refractivity contribution in [2.24, 2.45) is 0 Å². The van der Waals surface area contributed by atoms with Crippen LogP contribution in [-0.4, -0.2) is 80.5 Å². The fraction of sp³-hybridized carbons (Fsp3) is 0.528. The summed E-state index contributed by atoms with van der Waals surface area (Å²) in [6.45, 7) is 4.74. The predicted molar refractivity (Wildman–Crippen MR) is 174 cm³/mol. The molecule has 10 heteroatoms. The molecule has 2 aromatic carbocycles. The second kappa shape index (κ2) is 10.4. The zero-order valence-electron chi connectivity index (χ0n) is 26.2. The van der Waals surface area contributed by atoms with Gasteiger partial charge in [0, 0.05) is 49.4 Å². The number of ether oxygens (including phenoxy) is 1. The van der Waals surface area contributed by atoms with E-state index < -0.39 is 11.5 Å². The van der Waals surface area contributed by atoms with Crippen LogP contribution in [-0.2, 0) is 6.42 Å². The third-order valence-corrected chi connectivity index (χ3v) is 11.6. The van der Waals surface area contributed by atoms with Gasteiger partial charge in [-0.3, -0.25) is 9.88 Å². The summed E-state index contributed by atoms with van der Waals surface area (Å²) < 4.78 is 39.4. The highest BCUT2D eigenvalue weighted by Gasteiger charge is 2.63. The summed E-state index contributed by atoms with van der Waals surface area (Å²) in [6, 6.07) is 9.96. The van der Waals surface area contributed by atoms with Gasteiger partial charge in [0.05, 0.1) is 10.9 Å². The Morgan fingerprint density at radius 3 is 2.76 bits per heavy atom. The minimum Gasteiger partial charge on any atom is -0.508 e. The first kappa shape index (κ1) is 28.6. The second-order valence-corrected chi connectivity index (χ2v) is 14.3. The monoisotopic (exact) mass is 626 g/mol. The number of halogens is 2. The Morgan fingerprint density at radius 1 is 1.09 bits per heavy atom. The van der Waals surface area contributed by atoms with Gasteiger partial charge >= 0.3 is 6.01 Å². The molecule has 8 nitrogen and oxygen atoms in total. The molecule has 46 heavy (non-hydrogen) atoms. The molecule has 4 aromatic rings. The van der Waals surface area contributed by atoms with Crippen molar-refractivity contribution in [2.45, 2.75) is 94.0 Å². The number of nitrogens with zero attached hydrogens (tertiary/aromatic N) is 5. The number of aromatic hydroxyl groups is 1. The van der Waals surface area contributed by atoms with Gasteiger partial charge < -0.3 is 20.1 Å². The predicted octanol–water partition coefficient (Wildman–Crippen LogP) is 6.07. The maximum Gasteiger partial charge on any atom is 0.319 e. The fourth-order valence-electron chi connectivity index (χ4n) is 9.70. The Kier molecular flexibility index (Phi) is 6.49. The summed E-state index contributed by atoms with van der Waals surface area (Å²) in [5.74, 6) is 0.103. The quantitative estimate of drug-likeness (QED) is 0.267. The average Bonchev–Trinajstić information content (AvgIpc) is 3.78. The maximum absolute atomic E-state index is 16.9. The molecule has 0 radical (unpaired) electrons. The standard InChI is InChI=1S/C36H40F2N6O2/c1-2-21-6-3-7-22-14-25(45)15-26(29(21)22)31-30(37)32-27(16-39-31)33(43-17-23-9-10-24(18-43)40-23)42-34(41-32)46-20-35-11-5-13-44(35)28-8-4-12-36(28,38)19-35/h3,6-7,14-16,23-24,28,40,45H,2,4-5,8-13,17-20H2,1H3/t23?,24?,28-,35+,36+/m1/s1. The molecular formula is C36H40F2N6O2. The van der Waals surface area contributed by atoms with Crippen molar-refractivity contribution >= 4 is 27.5 Å². The summed E-state index contributed by atoms with van der Waals surface area (Å²) in [4.78, 5) is 18.9. The molecule has 6 heterocycles. The van der Waals surface area contributed by atoms with Gasteiger partial charge in [0.2, 0.25) is 0 Å². The van der Waals surface area contributed by atoms with Crippen LogP contribution < -0.4 is 15.0 Å². The first-order chi connectivity index (χ1) is 22.3. The smallest absolute Gasteiger partial charge is 0.319 e. The molecule has 0 amide bonds. The van der Waals surface area contributed by atoms with Crippen molar-refractivity contribution in [1.82, 2.24) is 25.2 Å². The lowest BCUT2D eigenvalue weighted by molar-refractivity contribution is 0.0811. The number of phenolic OH excluding ortho intramolecular Hbond substituents is 1. The number of pyridine rings is 1.